The summed E-state index contributed by atoms with van der Waals surface area (Å²) in [6.07, 6.45) is -3.07. The largest absolute Gasteiger partial charge is 0.573 e. The summed E-state index contributed by atoms with van der Waals surface area (Å²) in [7, 11) is -3.55. The van der Waals surface area contributed by atoms with Gasteiger partial charge in [-0.3, -0.25) is 0 Å². The van der Waals surface area contributed by atoms with Crippen molar-refractivity contribution in [3.8, 4) is 28.9 Å². The summed E-state index contributed by atoms with van der Waals surface area (Å²) in [5.74, 6) is 0.499. The number of hydrogen-bond donors (Lipinski definition) is 0. The molecule has 1 aliphatic heterocycles. The molecule has 2 aromatic heterocycles. The summed E-state index contributed by atoms with van der Waals surface area (Å²) >= 11 is 0. The Bertz CT molecular complexity index is 1510. The van der Waals surface area contributed by atoms with Crippen molar-refractivity contribution in [2.75, 3.05) is 13.1 Å². The Morgan fingerprint density at radius 1 is 1.03 bits per heavy atom. The van der Waals surface area contributed by atoms with Crippen molar-refractivity contribution in [3.05, 3.63) is 59.9 Å². The molecule has 0 bridgehead atoms. The molecule has 194 valence electrons. The maximum absolute atomic E-state index is 12.9. The van der Waals surface area contributed by atoms with E-state index in [0.717, 1.165) is 30.5 Å². The van der Waals surface area contributed by atoms with Gasteiger partial charge in [-0.25, -0.2) is 18.1 Å². The second kappa shape index (κ2) is 9.59. The minimum absolute atomic E-state index is 0.0258. The third kappa shape index (κ3) is 5.49. The predicted octanol–water partition coefficient (Wildman–Crippen LogP) is 4.03. The quantitative estimate of drug-likeness (QED) is 0.349. The van der Waals surface area contributed by atoms with E-state index in [-0.39, 0.29) is 34.7 Å². The fourth-order valence-corrected chi connectivity index (χ4v) is 5.54. The molecule has 0 N–H and O–H groups in total. The van der Waals surface area contributed by atoms with Gasteiger partial charge < -0.3 is 9.26 Å². The van der Waals surface area contributed by atoms with Gasteiger partial charge in [0.1, 0.15) is 11.6 Å². The fourth-order valence-electron chi connectivity index (χ4n) is 3.95. The monoisotopic (exact) mass is 534 g/mol. The Labute approximate surface area is 209 Å². The lowest BCUT2D eigenvalue weighted by Crippen LogP contribution is -2.27. The maximum atomic E-state index is 12.9. The first-order valence-corrected chi connectivity index (χ1v) is 12.7. The first kappa shape index (κ1) is 24.9. The van der Waals surface area contributed by atoms with Crippen LogP contribution in [0.5, 0.6) is 5.75 Å². The highest BCUT2D eigenvalue weighted by Gasteiger charge is 2.31. The van der Waals surface area contributed by atoms with E-state index in [0.29, 0.717) is 24.5 Å². The van der Waals surface area contributed by atoms with Gasteiger partial charge in [0.2, 0.25) is 21.7 Å². The SMILES string of the molecule is Cc1nc(-c2nc(-c3ccc(OC(F)(F)F)cc3)no2)nn1Cc1cccc(S(=O)(=O)N2CCCC2)c1. The lowest BCUT2D eigenvalue weighted by molar-refractivity contribution is -0.274. The van der Waals surface area contributed by atoms with Gasteiger partial charge in [0.15, 0.2) is 0 Å². The van der Waals surface area contributed by atoms with Crippen LogP contribution in [0.3, 0.4) is 0 Å². The van der Waals surface area contributed by atoms with E-state index >= 15 is 0 Å². The van der Waals surface area contributed by atoms with Crippen molar-refractivity contribution in [3.63, 3.8) is 0 Å². The molecule has 1 aliphatic rings. The highest BCUT2D eigenvalue weighted by Crippen LogP contribution is 2.27. The standard InChI is InChI=1S/C23H21F3N6O4S/c1-15-27-21(22-28-20(30-36-22)17-7-9-18(10-8-17)35-23(24,25)26)29-32(15)14-16-5-4-6-19(13-16)37(33,34)31-11-2-3-12-31/h4-10,13H,2-3,11-12,14H2,1H3. The molecule has 4 aromatic rings. The molecule has 37 heavy (non-hydrogen) atoms. The molecule has 2 aromatic carbocycles. The van der Waals surface area contributed by atoms with Crippen LogP contribution in [0, 0.1) is 6.92 Å². The molecule has 14 heteroatoms. The second-order valence-corrected chi connectivity index (χ2v) is 10.3. The van der Waals surface area contributed by atoms with E-state index in [1.807, 2.05) is 0 Å². The highest BCUT2D eigenvalue weighted by molar-refractivity contribution is 7.89. The Morgan fingerprint density at radius 3 is 2.46 bits per heavy atom. The third-order valence-electron chi connectivity index (χ3n) is 5.75. The van der Waals surface area contributed by atoms with Gasteiger partial charge in [0.05, 0.1) is 11.4 Å². The number of sulfonamides is 1. The zero-order chi connectivity index (χ0) is 26.2. The number of halogens is 3. The summed E-state index contributed by atoms with van der Waals surface area (Å²) in [6.45, 7) is 3.05. The van der Waals surface area contributed by atoms with Gasteiger partial charge in [-0.2, -0.15) is 9.29 Å². The van der Waals surface area contributed by atoms with Crippen LogP contribution in [-0.2, 0) is 16.6 Å². The topological polar surface area (TPSA) is 116 Å². The molecular formula is C23H21F3N6O4S. The van der Waals surface area contributed by atoms with Crippen molar-refractivity contribution in [1.82, 2.24) is 29.2 Å². The van der Waals surface area contributed by atoms with Crippen molar-refractivity contribution in [2.24, 2.45) is 0 Å². The van der Waals surface area contributed by atoms with Crippen molar-refractivity contribution in [2.45, 2.75) is 37.6 Å². The van der Waals surface area contributed by atoms with E-state index in [4.69, 9.17) is 4.52 Å². The van der Waals surface area contributed by atoms with Crippen LogP contribution in [0.25, 0.3) is 23.1 Å². The van der Waals surface area contributed by atoms with Crippen molar-refractivity contribution in [1.29, 1.82) is 0 Å². The average Bonchev–Trinajstić information content (AvgIpc) is 3.61. The maximum Gasteiger partial charge on any atom is 0.573 e. The normalized spacial score (nSPS) is 14.8. The van der Waals surface area contributed by atoms with Crippen LogP contribution in [0.2, 0.25) is 0 Å². The smallest absolute Gasteiger partial charge is 0.406 e. The minimum Gasteiger partial charge on any atom is -0.406 e. The van der Waals surface area contributed by atoms with Gasteiger partial charge >= 0.3 is 6.36 Å². The molecule has 0 amide bonds. The van der Waals surface area contributed by atoms with Gasteiger partial charge in [-0.05, 0) is 61.7 Å². The molecule has 0 atom stereocenters. The Balaban J connectivity index is 1.33. The predicted molar refractivity (Wildman–Crippen MR) is 124 cm³/mol. The molecule has 1 fully saturated rings. The van der Waals surface area contributed by atoms with Crippen LogP contribution >= 0.6 is 0 Å². The molecular weight excluding hydrogens is 513 g/mol. The number of rotatable bonds is 7. The zero-order valence-electron chi connectivity index (χ0n) is 19.5. The first-order valence-electron chi connectivity index (χ1n) is 11.3. The number of benzene rings is 2. The van der Waals surface area contributed by atoms with Crippen LogP contribution in [-0.4, -0.2) is 57.1 Å². The summed E-state index contributed by atoms with van der Waals surface area (Å²) in [5.41, 5.74) is 1.14. The summed E-state index contributed by atoms with van der Waals surface area (Å²) in [4.78, 5) is 8.83. The Kier molecular flexibility index (Phi) is 6.45. The van der Waals surface area contributed by atoms with Crippen LogP contribution < -0.4 is 4.74 Å². The van der Waals surface area contributed by atoms with E-state index in [9.17, 15) is 21.6 Å². The number of nitrogens with zero attached hydrogens (tertiary/aromatic N) is 6. The van der Waals surface area contributed by atoms with E-state index in [1.54, 1.807) is 35.9 Å². The number of ether oxygens (including phenoxy) is 1. The lowest BCUT2D eigenvalue weighted by atomic mass is 10.2. The molecule has 0 radical (unpaired) electrons. The number of hydrogen-bond acceptors (Lipinski definition) is 8. The molecule has 5 rings (SSSR count). The van der Waals surface area contributed by atoms with E-state index < -0.39 is 16.4 Å². The van der Waals surface area contributed by atoms with E-state index in [2.05, 4.69) is 25.0 Å². The van der Waals surface area contributed by atoms with Crippen LogP contribution in [0.15, 0.2) is 57.9 Å². The van der Waals surface area contributed by atoms with Crippen LogP contribution in [0.4, 0.5) is 13.2 Å². The summed E-state index contributed by atoms with van der Waals surface area (Å²) in [5, 5.41) is 8.27. The number of alkyl halides is 3. The van der Waals surface area contributed by atoms with E-state index in [1.165, 1.54) is 16.4 Å². The molecule has 0 spiro atoms. The number of aryl methyl sites for hydroxylation is 1. The highest BCUT2D eigenvalue weighted by atomic mass is 32.2. The molecule has 0 unspecified atom stereocenters. The molecule has 0 aliphatic carbocycles. The van der Waals surface area contributed by atoms with Crippen LogP contribution in [0.1, 0.15) is 24.2 Å². The number of aromatic nitrogens is 5. The summed E-state index contributed by atoms with van der Waals surface area (Å²) in [6, 6.07) is 11.7. The lowest BCUT2D eigenvalue weighted by Gasteiger charge is -2.16. The zero-order valence-corrected chi connectivity index (χ0v) is 20.3. The van der Waals surface area contributed by atoms with Gasteiger partial charge in [-0.1, -0.05) is 17.3 Å². The molecule has 1 saturated heterocycles. The molecule has 10 nitrogen and oxygen atoms in total. The first-order chi connectivity index (χ1) is 17.6. The summed E-state index contributed by atoms with van der Waals surface area (Å²) < 4.78 is 75.1. The fraction of sp³-hybridized carbons (Fsp3) is 0.304. The Morgan fingerprint density at radius 2 is 1.76 bits per heavy atom. The van der Waals surface area contributed by atoms with Crippen molar-refractivity contribution < 1.29 is 30.8 Å². The molecule has 0 saturated carbocycles. The van der Waals surface area contributed by atoms with Gasteiger partial charge in [0, 0.05) is 18.7 Å². The second-order valence-electron chi connectivity index (χ2n) is 8.39. The Hall–Kier alpha value is -3.78. The third-order valence-corrected chi connectivity index (χ3v) is 7.65. The van der Waals surface area contributed by atoms with Gasteiger partial charge in [0.25, 0.3) is 5.89 Å². The average molecular weight is 535 g/mol. The van der Waals surface area contributed by atoms with Crippen molar-refractivity contribution >= 4 is 10.0 Å². The molecule has 3 heterocycles. The van der Waals surface area contributed by atoms with Gasteiger partial charge in [-0.15, -0.1) is 18.3 Å². The minimum atomic E-state index is -4.79.